The third kappa shape index (κ3) is 4.19. The van der Waals surface area contributed by atoms with Gasteiger partial charge in [0.25, 0.3) is 0 Å². The molecule has 0 aliphatic rings. The molecule has 0 spiro atoms. The van der Waals surface area contributed by atoms with E-state index in [1.807, 2.05) is 24.3 Å². The Hall–Kier alpha value is -2.31. The van der Waals surface area contributed by atoms with E-state index in [-0.39, 0.29) is 10.6 Å². The lowest BCUT2D eigenvalue weighted by Gasteiger charge is -2.21. The molecular weight excluding hydrogens is 409 g/mol. The van der Waals surface area contributed by atoms with Crippen molar-refractivity contribution in [3.8, 4) is 17.0 Å². The summed E-state index contributed by atoms with van der Waals surface area (Å²) in [6.45, 7) is 8.28. The fourth-order valence-electron chi connectivity index (χ4n) is 2.95. The maximum Gasteiger partial charge on any atom is 0.188 e. The van der Waals surface area contributed by atoms with Gasteiger partial charge in [0.15, 0.2) is 17.1 Å². The number of ether oxygens (including phenoxy) is 1. The fourth-order valence-corrected chi connectivity index (χ4v) is 5.02. The Kier molecular flexibility index (Phi) is 5.30. The molecular formula is C20H26N3O4PS. The highest BCUT2D eigenvalue weighted by Gasteiger charge is 2.34. The average molecular weight is 435 g/mol. The first-order chi connectivity index (χ1) is 13.3. The minimum absolute atomic E-state index is 0.111. The lowest BCUT2D eigenvalue weighted by atomic mass is 10.1. The lowest BCUT2D eigenvalue weighted by molar-refractivity contribution is 0.401. The summed E-state index contributed by atoms with van der Waals surface area (Å²) in [7, 11) is -4.66. The van der Waals surface area contributed by atoms with E-state index in [1.54, 1.807) is 57.0 Å². The summed E-state index contributed by atoms with van der Waals surface area (Å²) in [5, 5.41) is 3.02. The average Bonchev–Trinajstić information content (AvgIpc) is 3.01. The number of imidazole rings is 1. The zero-order chi connectivity index (χ0) is 21.6. The predicted molar refractivity (Wildman–Crippen MR) is 117 cm³/mol. The van der Waals surface area contributed by atoms with E-state index >= 15 is 0 Å². The monoisotopic (exact) mass is 435 g/mol. The molecule has 0 fully saturated rings. The predicted octanol–water partition coefficient (Wildman–Crippen LogP) is 4.53. The van der Waals surface area contributed by atoms with Crippen LogP contribution in [0, 0.1) is 0 Å². The highest BCUT2D eigenvalue weighted by Crippen LogP contribution is 2.38. The molecule has 3 rings (SSSR count). The molecule has 7 nitrogen and oxygen atoms in total. The number of nitrogens with one attached hydrogen (secondary N) is 1. The zero-order valence-electron chi connectivity index (χ0n) is 17.4. The minimum atomic E-state index is -3.64. The molecule has 0 atom stereocenters. The maximum absolute atomic E-state index is 13.1. The molecule has 0 aliphatic heterocycles. The Balaban J connectivity index is 2.21. The van der Waals surface area contributed by atoms with Gasteiger partial charge in [-0.15, -0.1) is 0 Å². The number of aromatic nitrogens is 2. The van der Waals surface area contributed by atoms with Crippen LogP contribution in [0.3, 0.4) is 0 Å². The van der Waals surface area contributed by atoms with Crippen molar-refractivity contribution in [2.45, 2.75) is 30.4 Å². The maximum atomic E-state index is 13.1. The van der Waals surface area contributed by atoms with Crippen molar-refractivity contribution < 1.29 is 17.7 Å². The van der Waals surface area contributed by atoms with Crippen LogP contribution in [0.1, 0.15) is 20.8 Å². The minimum Gasteiger partial charge on any atom is -0.495 e. The van der Waals surface area contributed by atoms with Gasteiger partial charge < -0.3 is 14.4 Å². The lowest BCUT2D eigenvalue weighted by Crippen LogP contribution is -2.28. The molecule has 1 aromatic carbocycles. The summed E-state index contributed by atoms with van der Waals surface area (Å²) in [5.74, 6) is 0.262. The van der Waals surface area contributed by atoms with Crippen LogP contribution < -0.4 is 9.82 Å². The van der Waals surface area contributed by atoms with Crippen molar-refractivity contribution >= 4 is 28.5 Å². The van der Waals surface area contributed by atoms with Crippen molar-refractivity contribution in [1.29, 1.82) is 0 Å². The second-order valence-corrected chi connectivity index (χ2v) is 13.8. The molecule has 9 heteroatoms. The summed E-state index contributed by atoms with van der Waals surface area (Å²) in [5.41, 5.74) is 2.83. The Bertz CT molecular complexity index is 1220. The van der Waals surface area contributed by atoms with Gasteiger partial charge in [-0.25, -0.2) is 13.4 Å². The van der Waals surface area contributed by atoms with Crippen molar-refractivity contribution in [2.75, 3.05) is 25.5 Å². The molecule has 29 heavy (non-hydrogen) atoms. The van der Waals surface area contributed by atoms with E-state index in [4.69, 9.17) is 4.74 Å². The first kappa shape index (κ1) is 21.4. The number of hydrogen-bond acceptors (Lipinski definition) is 5. The SMILES string of the molecule is COc1cc2ncc(-c3cccc(NP(C)(C)=O)c3)n2cc1S(=O)(=O)C(C)(C)C. The summed E-state index contributed by atoms with van der Waals surface area (Å²) in [6.07, 6.45) is 3.24. The molecule has 0 bridgehead atoms. The highest BCUT2D eigenvalue weighted by molar-refractivity contribution is 7.92. The first-order valence-electron chi connectivity index (χ1n) is 9.07. The molecule has 0 saturated heterocycles. The summed E-state index contributed by atoms with van der Waals surface area (Å²) in [4.78, 5) is 4.52. The molecule has 0 saturated carbocycles. The van der Waals surface area contributed by atoms with Gasteiger partial charge >= 0.3 is 0 Å². The highest BCUT2D eigenvalue weighted by atomic mass is 32.2. The van der Waals surface area contributed by atoms with Gasteiger partial charge in [0.05, 0.1) is 23.7 Å². The van der Waals surface area contributed by atoms with Crippen LogP contribution in [0.4, 0.5) is 5.69 Å². The molecule has 0 amide bonds. The molecule has 2 heterocycles. The van der Waals surface area contributed by atoms with Crippen LogP contribution in [0.15, 0.2) is 47.6 Å². The van der Waals surface area contributed by atoms with E-state index < -0.39 is 21.9 Å². The van der Waals surface area contributed by atoms with E-state index in [2.05, 4.69) is 10.1 Å². The topological polar surface area (TPSA) is 89.8 Å². The quantitative estimate of drug-likeness (QED) is 0.592. The Morgan fingerprint density at radius 3 is 2.45 bits per heavy atom. The molecule has 1 N–H and O–H groups in total. The van der Waals surface area contributed by atoms with Crippen LogP contribution >= 0.6 is 7.29 Å². The van der Waals surface area contributed by atoms with Gasteiger partial charge in [0.1, 0.15) is 16.3 Å². The van der Waals surface area contributed by atoms with E-state index in [1.165, 1.54) is 7.11 Å². The largest absolute Gasteiger partial charge is 0.495 e. The third-order valence-electron chi connectivity index (χ3n) is 4.45. The molecule has 156 valence electrons. The second-order valence-electron chi connectivity index (χ2n) is 8.24. The van der Waals surface area contributed by atoms with Gasteiger partial charge in [0.2, 0.25) is 0 Å². The van der Waals surface area contributed by atoms with Crippen molar-refractivity contribution in [3.05, 3.63) is 42.7 Å². The fraction of sp³-hybridized carbons (Fsp3) is 0.350. The smallest absolute Gasteiger partial charge is 0.188 e. The van der Waals surface area contributed by atoms with Gasteiger partial charge in [0, 0.05) is 36.8 Å². The van der Waals surface area contributed by atoms with Gasteiger partial charge in [-0.3, -0.25) is 4.40 Å². The zero-order valence-corrected chi connectivity index (χ0v) is 19.1. The van der Waals surface area contributed by atoms with Crippen LogP contribution in [0.5, 0.6) is 5.75 Å². The Morgan fingerprint density at radius 2 is 1.86 bits per heavy atom. The van der Waals surface area contributed by atoms with Gasteiger partial charge in [-0.05, 0) is 32.9 Å². The third-order valence-corrected chi connectivity index (χ3v) is 7.74. The van der Waals surface area contributed by atoms with Gasteiger partial charge in [-0.2, -0.15) is 0 Å². The Labute approximate surface area is 171 Å². The van der Waals surface area contributed by atoms with Crippen molar-refractivity contribution in [3.63, 3.8) is 0 Å². The summed E-state index contributed by atoms with van der Waals surface area (Å²) < 4.78 is 44.4. The van der Waals surface area contributed by atoms with E-state index in [0.29, 0.717) is 5.65 Å². The number of hydrogen-bond donors (Lipinski definition) is 1. The number of sulfone groups is 1. The number of rotatable bonds is 5. The van der Waals surface area contributed by atoms with E-state index in [9.17, 15) is 13.0 Å². The van der Waals surface area contributed by atoms with Gasteiger partial charge in [-0.1, -0.05) is 12.1 Å². The van der Waals surface area contributed by atoms with E-state index in [0.717, 1.165) is 16.9 Å². The van der Waals surface area contributed by atoms with Crippen LogP contribution in [0.2, 0.25) is 0 Å². The molecule has 3 aromatic rings. The Morgan fingerprint density at radius 1 is 1.17 bits per heavy atom. The van der Waals surface area contributed by atoms with Crippen LogP contribution in [0.25, 0.3) is 16.9 Å². The summed E-state index contributed by atoms with van der Waals surface area (Å²) >= 11 is 0. The number of nitrogens with zero attached hydrogens (tertiary/aromatic N) is 2. The first-order valence-corrected chi connectivity index (χ1v) is 13.2. The van der Waals surface area contributed by atoms with Crippen molar-refractivity contribution in [2.24, 2.45) is 0 Å². The molecule has 0 unspecified atom stereocenters. The molecule has 0 aliphatic carbocycles. The normalized spacial score (nSPS) is 12.9. The number of benzene rings is 1. The standard InChI is InChI=1S/C20H26N3O4PS/c1-20(2,3)29(25,26)18-13-23-16(12-21-19(23)11-17(18)27-4)14-8-7-9-15(10-14)22-28(5,6)24/h7-13H,1-6H3,(H,22,24). The molecule has 2 aromatic heterocycles. The number of pyridine rings is 1. The second kappa shape index (κ2) is 7.18. The molecule has 0 radical (unpaired) electrons. The van der Waals surface area contributed by atoms with Crippen molar-refractivity contribution in [1.82, 2.24) is 9.38 Å². The van der Waals surface area contributed by atoms with Crippen LogP contribution in [-0.4, -0.2) is 43.0 Å². The number of anilines is 1. The van der Waals surface area contributed by atoms with Crippen LogP contribution in [-0.2, 0) is 14.4 Å². The number of methoxy groups -OCH3 is 1. The number of fused-ring (bicyclic) bond motifs is 1. The summed E-state index contributed by atoms with van der Waals surface area (Å²) in [6, 6.07) is 9.07.